The number of alkyl halides is 3. The van der Waals surface area contributed by atoms with E-state index in [9.17, 15) is 4.79 Å². The molecule has 0 aliphatic rings. The van der Waals surface area contributed by atoms with E-state index in [0.717, 1.165) is 11.3 Å². The minimum absolute atomic E-state index is 0.431. The standard InChI is InChI=1S/C16H21Cl3N2O3/c1-15(2,21(3)4)14(11-6-8-12(23-5)9-7-11)20-24-10-13(22)16(17,18)19/h6-9H,10H2,1-5H3. The van der Waals surface area contributed by atoms with Gasteiger partial charge in [-0.15, -0.1) is 0 Å². The predicted molar refractivity (Wildman–Crippen MR) is 98.5 cm³/mol. The fourth-order valence-corrected chi connectivity index (χ4v) is 1.88. The van der Waals surface area contributed by atoms with E-state index in [0.29, 0.717) is 5.71 Å². The molecule has 0 heterocycles. The number of halogens is 3. The quantitative estimate of drug-likeness (QED) is 0.401. The first kappa shape index (κ1) is 21.0. The van der Waals surface area contributed by atoms with Crippen molar-refractivity contribution in [3.05, 3.63) is 29.8 Å². The van der Waals surface area contributed by atoms with Crippen molar-refractivity contribution >= 4 is 46.3 Å². The summed E-state index contributed by atoms with van der Waals surface area (Å²) in [5.74, 6) is 0.0426. The molecule has 0 amide bonds. The molecule has 24 heavy (non-hydrogen) atoms. The Labute approximate surface area is 157 Å². The first-order valence-electron chi connectivity index (χ1n) is 7.12. The maximum absolute atomic E-state index is 11.6. The van der Waals surface area contributed by atoms with Crippen molar-refractivity contribution in [1.29, 1.82) is 0 Å². The van der Waals surface area contributed by atoms with Crippen LogP contribution >= 0.6 is 34.8 Å². The topological polar surface area (TPSA) is 51.1 Å². The lowest BCUT2D eigenvalue weighted by Crippen LogP contribution is -2.46. The van der Waals surface area contributed by atoms with Gasteiger partial charge in [0, 0.05) is 5.56 Å². The minimum Gasteiger partial charge on any atom is -0.497 e. The molecule has 0 aliphatic heterocycles. The molecule has 0 aromatic heterocycles. The van der Waals surface area contributed by atoms with Crippen LogP contribution in [0.25, 0.3) is 0 Å². The minimum atomic E-state index is -2.02. The molecule has 1 rings (SSSR count). The van der Waals surface area contributed by atoms with Gasteiger partial charge in [-0.3, -0.25) is 9.69 Å². The van der Waals surface area contributed by atoms with E-state index in [1.165, 1.54) is 0 Å². The second-order valence-electron chi connectivity index (χ2n) is 5.82. The Hall–Kier alpha value is -1.01. The molecular weight excluding hydrogens is 375 g/mol. The lowest BCUT2D eigenvalue weighted by Gasteiger charge is -2.33. The Kier molecular flexibility index (Phi) is 7.35. The SMILES string of the molecule is COc1ccc(C(=NOCC(=O)C(Cl)(Cl)Cl)C(C)(C)N(C)C)cc1. The molecular formula is C16H21Cl3N2O3. The molecule has 1 aromatic carbocycles. The van der Waals surface area contributed by atoms with E-state index in [-0.39, 0.29) is 0 Å². The lowest BCUT2D eigenvalue weighted by atomic mass is 9.91. The van der Waals surface area contributed by atoms with Gasteiger partial charge in [-0.25, -0.2) is 0 Å². The number of benzene rings is 1. The number of ether oxygens (including phenoxy) is 1. The van der Waals surface area contributed by atoms with Crippen molar-refractivity contribution in [3.63, 3.8) is 0 Å². The van der Waals surface area contributed by atoms with Crippen molar-refractivity contribution in [2.75, 3.05) is 27.8 Å². The van der Waals surface area contributed by atoms with Gasteiger partial charge in [0.1, 0.15) is 11.5 Å². The maximum Gasteiger partial charge on any atom is 0.252 e. The van der Waals surface area contributed by atoms with Crippen LogP contribution in [0.15, 0.2) is 29.4 Å². The summed E-state index contributed by atoms with van der Waals surface area (Å²) in [5, 5.41) is 4.13. The van der Waals surface area contributed by atoms with Crippen LogP contribution in [0.3, 0.4) is 0 Å². The molecule has 0 saturated heterocycles. The molecule has 0 aliphatic carbocycles. The number of Topliss-reactive ketones (excluding diaryl/α,β-unsaturated/α-hetero) is 1. The summed E-state index contributed by atoms with van der Waals surface area (Å²) in [4.78, 5) is 18.8. The van der Waals surface area contributed by atoms with Gasteiger partial charge in [0.2, 0.25) is 5.78 Å². The highest BCUT2D eigenvalue weighted by Gasteiger charge is 2.32. The van der Waals surface area contributed by atoms with Crippen LogP contribution in [0.2, 0.25) is 0 Å². The van der Waals surface area contributed by atoms with Crippen molar-refractivity contribution in [3.8, 4) is 5.75 Å². The number of hydrogen-bond donors (Lipinski definition) is 0. The van der Waals surface area contributed by atoms with Crippen LogP contribution in [-0.4, -0.2) is 53.5 Å². The molecule has 0 bridgehead atoms. The van der Waals surface area contributed by atoms with Crippen LogP contribution in [0.1, 0.15) is 19.4 Å². The predicted octanol–water partition coefficient (Wildman–Crippen LogP) is 3.70. The third-order valence-electron chi connectivity index (χ3n) is 3.73. The second kappa shape index (κ2) is 8.39. The fraction of sp³-hybridized carbons (Fsp3) is 0.500. The van der Waals surface area contributed by atoms with Gasteiger partial charge in [-0.05, 0) is 52.2 Å². The summed E-state index contributed by atoms with van der Waals surface area (Å²) in [6, 6.07) is 7.37. The average Bonchev–Trinajstić information content (AvgIpc) is 2.50. The van der Waals surface area contributed by atoms with Gasteiger partial charge in [0.15, 0.2) is 6.61 Å². The summed E-state index contributed by atoms with van der Waals surface area (Å²) in [6.45, 7) is 3.53. The largest absolute Gasteiger partial charge is 0.497 e. The highest BCUT2D eigenvalue weighted by molar-refractivity contribution is 6.76. The number of carbonyl (C=O) groups excluding carboxylic acids is 1. The Morgan fingerprint density at radius 2 is 1.71 bits per heavy atom. The third kappa shape index (κ3) is 5.52. The molecule has 0 spiro atoms. The molecule has 0 radical (unpaired) electrons. The van der Waals surface area contributed by atoms with Crippen LogP contribution in [0.4, 0.5) is 0 Å². The van der Waals surface area contributed by atoms with Crippen molar-refractivity contribution in [2.24, 2.45) is 5.16 Å². The zero-order valence-corrected chi connectivity index (χ0v) is 16.5. The molecule has 5 nitrogen and oxygen atoms in total. The van der Waals surface area contributed by atoms with Gasteiger partial charge in [-0.2, -0.15) is 0 Å². The number of hydrogen-bond acceptors (Lipinski definition) is 5. The number of oxime groups is 1. The lowest BCUT2D eigenvalue weighted by molar-refractivity contribution is -0.122. The molecule has 0 fully saturated rings. The monoisotopic (exact) mass is 394 g/mol. The van der Waals surface area contributed by atoms with E-state index in [1.807, 2.05) is 57.1 Å². The van der Waals surface area contributed by atoms with Crippen LogP contribution in [-0.2, 0) is 9.63 Å². The third-order valence-corrected chi connectivity index (χ3v) is 4.36. The van der Waals surface area contributed by atoms with Crippen LogP contribution in [0, 0.1) is 0 Å². The summed E-state index contributed by atoms with van der Waals surface area (Å²) in [7, 11) is 5.44. The fourth-order valence-electron chi connectivity index (χ4n) is 1.72. The van der Waals surface area contributed by atoms with Gasteiger partial charge in [-0.1, -0.05) is 40.0 Å². The van der Waals surface area contributed by atoms with E-state index < -0.39 is 21.7 Å². The summed E-state index contributed by atoms with van der Waals surface area (Å²) < 4.78 is 3.14. The Morgan fingerprint density at radius 3 is 2.12 bits per heavy atom. The normalized spacial score (nSPS) is 13.1. The number of ketones is 1. The van der Waals surface area contributed by atoms with Gasteiger partial charge in [0.25, 0.3) is 3.79 Å². The van der Waals surface area contributed by atoms with Crippen molar-refractivity contribution in [2.45, 2.75) is 23.2 Å². The van der Waals surface area contributed by atoms with Gasteiger partial charge in [0.05, 0.1) is 12.6 Å². The number of carbonyl (C=O) groups is 1. The smallest absolute Gasteiger partial charge is 0.252 e. The van der Waals surface area contributed by atoms with Crippen molar-refractivity contribution < 1.29 is 14.4 Å². The molecule has 0 saturated carbocycles. The van der Waals surface area contributed by atoms with Gasteiger partial charge < -0.3 is 9.57 Å². The Balaban J connectivity index is 3.10. The highest BCUT2D eigenvalue weighted by atomic mass is 35.6. The molecule has 1 aromatic rings. The number of nitrogens with zero attached hydrogens (tertiary/aromatic N) is 2. The Bertz CT molecular complexity index is 594. The summed E-state index contributed by atoms with van der Waals surface area (Å²) >= 11 is 16.6. The van der Waals surface area contributed by atoms with E-state index in [1.54, 1.807) is 7.11 Å². The summed E-state index contributed by atoms with van der Waals surface area (Å²) in [5.41, 5.74) is 1.00. The first-order valence-corrected chi connectivity index (χ1v) is 8.26. The summed E-state index contributed by atoms with van der Waals surface area (Å²) in [6.07, 6.45) is 0. The van der Waals surface area contributed by atoms with Crippen LogP contribution < -0.4 is 4.74 Å². The van der Waals surface area contributed by atoms with Crippen LogP contribution in [0.5, 0.6) is 5.75 Å². The van der Waals surface area contributed by atoms with E-state index in [4.69, 9.17) is 44.4 Å². The zero-order valence-electron chi connectivity index (χ0n) is 14.3. The number of rotatable bonds is 7. The number of methoxy groups -OCH3 is 1. The first-order chi connectivity index (χ1) is 11.0. The second-order valence-corrected chi connectivity index (χ2v) is 8.10. The highest BCUT2D eigenvalue weighted by Crippen LogP contribution is 2.27. The molecule has 0 atom stereocenters. The zero-order chi connectivity index (χ0) is 18.5. The molecule has 134 valence electrons. The average molecular weight is 396 g/mol. The number of likely N-dealkylation sites (N-methyl/N-ethyl adjacent to an activating group) is 1. The van der Waals surface area contributed by atoms with Crippen molar-refractivity contribution in [1.82, 2.24) is 4.90 Å². The van der Waals surface area contributed by atoms with Gasteiger partial charge >= 0.3 is 0 Å². The van der Waals surface area contributed by atoms with E-state index in [2.05, 4.69) is 5.16 Å². The van der Waals surface area contributed by atoms with E-state index >= 15 is 0 Å². The molecule has 8 heteroatoms. The molecule has 0 N–H and O–H groups in total. The maximum atomic E-state index is 11.6. The molecule has 0 unspecified atom stereocenters. The Morgan fingerprint density at radius 1 is 1.17 bits per heavy atom.